The second kappa shape index (κ2) is 13.6. The predicted molar refractivity (Wildman–Crippen MR) is 103 cm³/mol. The minimum atomic E-state index is -0.189. The topological polar surface area (TPSA) is 0 Å². The Morgan fingerprint density at radius 2 is 1.67 bits per heavy atom. The predicted octanol–water partition coefficient (Wildman–Crippen LogP) is -4.27. The Labute approximate surface area is 201 Å². The molecule has 3 aliphatic rings. The molecule has 0 radical (unpaired) electrons. The Bertz CT molecular complexity index is 584. The van der Waals surface area contributed by atoms with Gasteiger partial charge in [-0.3, -0.25) is 0 Å². The zero-order valence-electron chi connectivity index (χ0n) is 15.8. The average Bonchev–Trinajstić information content (AvgIpc) is 2.94. The van der Waals surface area contributed by atoms with E-state index in [9.17, 15) is 0 Å². The molecule has 2 saturated carbocycles. The molecule has 1 aromatic rings. The summed E-state index contributed by atoms with van der Waals surface area (Å²) in [6.45, 7) is 0. The maximum absolute atomic E-state index is 2.46. The van der Waals surface area contributed by atoms with E-state index in [4.69, 9.17) is 0 Å². The first-order valence-corrected chi connectivity index (χ1v) is 11.2. The maximum Gasteiger partial charge on any atom is 4.00 e. The third kappa shape index (κ3) is 6.98. The second-order valence-electron chi connectivity index (χ2n) is 7.84. The van der Waals surface area contributed by atoms with Crippen molar-refractivity contribution in [1.29, 1.82) is 0 Å². The van der Waals surface area contributed by atoms with Crippen LogP contribution in [-0.2, 0) is 21.7 Å². The smallest absolute Gasteiger partial charge is 1.00 e. The normalized spacial score (nSPS) is 24.1. The summed E-state index contributed by atoms with van der Waals surface area (Å²) in [7, 11) is -0.189. The number of hydrogen-bond acceptors (Lipinski definition) is 0. The van der Waals surface area contributed by atoms with E-state index in [-0.39, 0.29) is 68.5 Å². The molecule has 2 atom stereocenters. The van der Waals surface area contributed by atoms with Crippen LogP contribution in [0.4, 0.5) is 0 Å². The SMILES string of the molecule is C1=CCC2CC([SiH2]c3ccccc3)[C-](CC3CCCCC3)C2=C1.[Cl-].[Cl-].[Cl-].[Ti+4]. The van der Waals surface area contributed by atoms with Gasteiger partial charge in [0.25, 0.3) is 0 Å². The quantitative estimate of drug-likeness (QED) is 0.306. The van der Waals surface area contributed by atoms with Crippen molar-refractivity contribution < 1.29 is 58.9 Å². The van der Waals surface area contributed by atoms with Crippen LogP contribution in [0.3, 0.4) is 0 Å². The molecule has 2 fully saturated rings. The zero-order valence-corrected chi connectivity index (χ0v) is 21.1. The monoisotopic (exact) mass is 474 g/mol. The van der Waals surface area contributed by atoms with Gasteiger partial charge >= 0.3 is 21.7 Å². The molecular weight excluding hydrogens is 447 g/mol. The number of allylic oxidation sites excluding steroid dienone is 4. The van der Waals surface area contributed by atoms with Gasteiger partial charge in [-0.1, -0.05) is 91.9 Å². The molecular formula is C22H29Cl3SiTi. The van der Waals surface area contributed by atoms with Crippen LogP contribution in [0.15, 0.2) is 54.1 Å². The number of hydrogen-bond donors (Lipinski definition) is 0. The van der Waals surface area contributed by atoms with Crippen molar-refractivity contribution in [2.45, 2.75) is 56.9 Å². The van der Waals surface area contributed by atoms with E-state index in [0.29, 0.717) is 0 Å². The minimum absolute atomic E-state index is 0. The molecule has 3 aliphatic carbocycles. The van der Waals surface area contributed by atoms with E-state index in [1.54, 1.807) is 10.8 Å². The molecule has 2 unspecified atom stereocenters. The standard InChI is InChI=1S/C22H29Si.3ClH.Ti/c1-3-9-17(10-4-1)15-21-20-14-8-7-11-18(20)16-22(21)23-19-12-5-2-6-13-19;;;;/h2,5-8,12-14,17-18,22H,1,3-4,9-11,15-16,23H2;3*1H;/q-1;;;;+4/p-3. The van der Waals surface area contributed by atoms with E-state index in [1.165, 1.54) is 51.4 Å². The summed E-state index contributed by atoms with van der Waals surface area (Å²) in [4.78, 5) is 0. The van der Waals surface area contributed by atoms with Crippen molar-refractivity contribution in [3.05, 3.63) is 60.1 Å². The van der Waals surface area contributed by atoms with Crippen molar-refractivity contribution in [3.63, 3.8) is 0 Å². The van der Waals surface area contributed by atoms with Gasteiger partial charge in [0.2, 0.25) is 0 Å². The average molecular weight is 476 g/mol. The Hall–Kier alpha value is 0.371. The van der Waals surface area contributed by atoms with Crippen LogP contribution in [-0.4, -0.2) is 9.52 Å². The molecule has 4 rings (SSSR count). The molecule has 0 aliphatic heterocycles. The summed E-state index contributed by atoms with van der Waals surface area (Å²) in [6, 6.07) is 11.4. The van der Waals surface area contributed by atoms with Gasteiger partial charge in [0.15, 0.2) is 0 Å². The van der Waals surface area contributed by atoms with Gasteiger partial charge in [-0.25, -0.2) is 17.6 Å². The third-order valence-corrected chi connectivity index (χ3v) is 8.52. The van der Waals surface area contributed by atoms with E-state index in [2.05, 4.69) is 48.6 Å². The Balaban J connectivity index is 0.00000169. The van der Waals surface area contributed by atoms with E-state index in [1.807, 2.05) is 5.92 Å². The van der Waals surface area contributed by atoms with Crippen molar-refractivity contribution in [1.82, 2.24) is 0 Å². The fourth-order valence-corrected chi connectivity index (χ4v) is 7.41. The Kier molecular flexibility index (Phi) is 13.8. The number of halogens is 3. The summed E-state index contributed by atoms with van der Waals surface area (Å²) in [6.07, 6.45) is 18.7. The summed E-state index contributed by atoms with van der Waals surface area (Å²) in [5.41, 5.74) is 2.68. The first-order valence-electron chi connectivity index (χ1n) is 9.67. The van der Waals surface area contributed by atoms with Gasteiger partial charge in [0.1, 0.15) is 0 Å². The molecule has 0 amide bonds. The van der Waals surface area contributed by atoms with Crippen LogP contribution in [0, 0.1) is 17.8 Å². The van der Waals surface area contributed by atoms with Gasteiger partial charge in [0, 0.05) is 9.52 Å². The Morgan fingerprint density at radius 1 is 0.963 bits per heavy atom. The fraction of sp³-hybridized carbons (Fsp3) is 0.500. The largest absolute Gasteiger partial charge is 4.00 e. The van der Waals surface area contributed by atoms with Gasteiger partial charge in [-0.15, -0.1) is 12.2 Å². The number of rotatable bonds is 4. The fourth-order valence-electron chi connectivity index (χ4n) is 5.08. The van der Waals surface area contributed by atoms with Gasteiger partial charge in [-0.2, -0.15) is 0 Å². The maximum atomic E-state index is 2.46. The van der Waals surface area contributed by atoms with Crippen molar-refractivity contribution in [2.75, 3.05) is 0 Å². The first kappa shape index (κ1) is 27.4. The zero-order chi connectivity index (χ0) is 15.5. The van der Waals surface area contributed by atoms with E-state index >= 15 is 0 Å². The first-order chi connectivity index (χ1) is 11.4. The molecule has 0 heterocycles. The van der Waals surface area contributed by atoms with Crippen molar-refractivity contribution >= 4 is 14.7 Å². The summed E-state index contributed by atoms with van der Waals surface area (Å²) < 4.78 is 0. The van der Waals surface area contributed by atoms with Crippen LogP contribution in [0.2, 0.25) is 5.54 Å². The Morgan fingerprint density at radius 3 is 2.37 bits per heavy atom. The van der Waals surface area contributed by atoms with Crippen LogP contribution >= 0.6 is 0 Å². The van der Waals surface area contributed by atoms with Crippen LogP contribution in [0.1, 0.15) is 51.4 Å². The minimum Gasteiger partial charge on any atom is -1.00 e. The summed E-state index contributed by atoms with van der Waals surface area (Å²) in [5.74, 6) is 3.72. The molecule has 0 aromatic heterocycles. The number of fused-ring (bicyclic) bond motifs is 1. The van der Waals surface area contributed by atoms with Gasteiger partial charge < -0.3 is 37.2 Å². The number of benzene rings is 1. The molecule has 5 heteroatoms. The van der Waals surface area contributed by atoms with Gasteiger partial charge in [-0.05, 0) is 12.3 Å². The molecule has 0 nitrogen and oxygen atoms in total. The second-order valence-corrected chi connectivity index (χ2v) is 10.0. The third-order valence-electron chi connectivity index (χ3n) is 6.26. The molecule has 0 saturated heterocycles. The van der Waals surface area contributed by atoms with Crippen molar-refractivity contribution in [3.8, 4) is 0 Å². The summed E-state index contributed by atoms with van der Waals surface area (Å²) in [5, 5.41) is 1.66. The van der Waals surface area contributed by atoms with Crippen LogP contribution in [0.25, 0.3) is 0 Å². The molecule has 0 N–H and O–H groups in total. The molecule has 146 valence electrons. The van der Waals surface area contributed by atoms with E-state index in [0.717, 1.165) is 17.4 Å². The molecule has 0 bridgehead atoms. The van der Waals surface area contributed by atoms with Crippen LogP contribution in [0.5, 0.6) is 0 Å². The molecule has 27 heavy (non-hydrogen) atoms. The van der Waals surface area contributed by atoms with Gasteiger partial charge in [0.05, 0.1) is 0 Å². The van der Waals surface area contributed by atoms with Crippen LogP contribution < -0.4 is 42.4 Å². The van der Waals surface area contributed by atoms with E-state index < -0.39 is 0 Å². The molecule has 0 spiro atoms. The van der Waals surface area contributed by atoms with Crippen molar-refractivity contribution in [2.24, 2.45) is 11.8 Å². The summed E-state index contributed by atoms with van der Waals surface area (Å²) >= 11 is 0. The molecule has 1 aromatic carbocycles.